The molecule has 2 aromatic carbocycles. The highest BCUT2D eigenvalue weighted by Gasteiger charge is 2.18. The van der Waals surface area contributed by atoms with E-state index in [1.54, 1.807) is 49.4 Å². The quantitative estimate of drug-likeness (QED) is 0.643. The SMILES string of the molecule is C[C@@H](NC(=O)c1cccc(S(=O)(=O)Nc2ccc(Cl)cc2)c1)c1ccco1. The van der Waals surface area contributed by atoms with Gasteiger partial charge >= 0.3 is 0 Å². The van der Waals surface area contributed by atoms with Crippen molar-refractivity contribution >= 4 is 33.2 Å². The first-order valence-electron chi connectivity index (χ1n) is 8.08. The van der Waals surface area contributed by atoms with E-state index >= 15 is 0 Å². The van der Waals surface area contributed by atoms with Crippen LogP contribution in [0.2, 0.25) is 5.02 Å². The van der Waals surface area contributed by atoms with Crippen molar-refractivity contribution in [1.82, 2.24) is 5.32 Å². The first kappa shape index (κ1) is 19.0. The van der Waals surface area contributed by atoms with E-state index < -0.39 is 15.9 Å². The molecule has 140 valence electrons. The topological polar surface area (TPSA) is 88.4 Å². The van der Waals surface area contributed by atoms with Crippen molar-refractivity contribution in [2.45, 2.75) is 17.9 Å². The summed E-state index contributed by atoms with van der Waals surface area (Å²) in [6, 6.07) is 15.2. The molecule has 8 heteroatoms. The van der Waals surface area contributed by atoms with E-state index in [0.717, 1.165) is 0 Å². The number of halogens is 1. The van der Waals surface area contributed by atoms with Crippen LogP contribution in [-0.4, -0.2) is 14.3 Å². The van der Waals surface area contributed by atoms with E-state index in [9.17, 15) is 13.2 Å². The van der Waals surface area contributed by atoms with Crippen LogP contribution in [0.1, 0.15) is 29.1 Å². The maximum absolute atomic E-state index is 12.6. The van der Waals surface area contributed by atoms with Crippen molar-refractivity contribution in [3.8, 4) is 0 Å². The molecule has 3 rings (SSSR count). The molecule has 0 saturated heterocycles. The van der Waals surface area contributed by atoms with E-state index in [2.05, 4.69) is 10.0 Å². The largest absolute Gasteiger partial charge is 0.467 e. The lowest BCUT2D eigenvalue weighted by Crippen LogP contribution is -2.26. The number of carbonyl (C=O) groups excluding carboxylic acids is 1. The Balaban J connectivity index is 1.77. The maximum atomic E-state index is 12.6. The molecule has 0 radical (unpaired) electrons. The van der Waals surface area contributed by atoms with Crippen molar-refractivity contribution in [1.29, 1.82) is 0 Å². The fourth-order valence-electron chi connectivity index (χ4n) is 2.43. The molecule has 1 aromatic heterocycles. The Morgan fingerprint density at radius 3 is 2.48 bits per heavy atom. The molecule has 1 heterocycles. The molecule has 0 unspecified atom stereocenters. The van der Waals surface area contributed by atoms with Crippen LogP contribution in [-0.2, 0) is 10.0 Å². The molecule has 0 spiro atoms. The Hall–Kier alpha value is -2.77. The highest BCUT2D eigenvalue weighted by molar-refractivity contribution is 7.92. The number of nitrogens with one attached hydrogen (secondary N) is 2. The minimum Gasteiger partial charge on any atom is -0.467 e. The van der Waals surface area contributed by atoms with Gasteiger partial charge in [0.15, 0.2) is 0 Å². The second-order valence-electron chi connectivity index (χ2n) is 5.85. The standard InChI is InChI=1S/C19H17ClN2O4S/c1-13(18-6-3-11-26-18)21-19(23)14-4-2-5-17(12-14)27(24,25)22-16-9-7-15(20)8-10-16/h2-13,22H,1H3,(H,21,23)/t13-/m1/s1. The fraction of sp³-hybridized carbons (Fsp3) is 0.105. The normalized spacial score (nSPS) is 12.4. The predicted octanol–water partition coefficient (Wildman–Crippen LogP) is 4.22. The third-order valence-electron chi connectivity index (χ3n) is 3.82. The van der Waals surface area contributed by atoms with Crippen molar-refractivity contribution < 1.29 is 17.6 Å². The van der Waals surface area contributed by atoms with Crippen LogP contribution in [0.4, 0.5) is 5.69 Å². The lowest BCUT2D eigenvalue weighted by Gasteiger charge is -2.13. The van der Waals surface area contributed by atoms with Gasteiger partial charge in [-0.05, 0) is 61.5 Å². The van der Waals surface area contributed by atoms with E-state index in [1.807, 2.05) is 0 Å². The van der Waals surface area contributed by atoms with Crippen LogP contribution in [0.15, 0.2) is 76.2 Å². The lowest BCUT2D eigenvalue weighted by molar-refractivity contribution is 0.0935. The fourth-order valence-corrected chi connectivity index (χ4v) is 3.66. The van der Waals surface area contributed by atoms with Gasteiger partial charge < -0.3 is 9.73 Å². The summed E-state index contributed by atoms with van der Waals surface area (Å²) in [4.78, 5) is 12.4. The average molecular weight is 405 g/mol. The zero-order valence-corrected chi connectivity index (χ0v) is 15.9. The summed E-state index contributed by atoms with van der Waals surface area (Å²) in [6.07, 6.45) is 1.52. The van der Waals surface area contributed by atoms with E-state index in [-0.39, 0.29) is 16.5 Å². The minimum absolute atomic E-state index is 0.0178. The number of furan rings is 1. The maximum Gasteiger partial charge on any atom is 0.261 e. The predicted molar refractivity (Wildman–Crippen MR) is 103 cm³/mol. The summed E-state index contributed by atoms with van der Waals surface area (Å²) >= 11 is 5.81. The third kappa shape index (κ3) is 4.69. The third-order valence-corrected chi connectivity index (χ3v) is 5.45. The summed E-state index contributed by atoms with van der Waals surface area (Å²) in [5, 5.41) is 3.27. The number of amides is 1. The van der Waals surface area contributed by atoms with Gasteiger partial charge in [0.25, 0.3) is 15.9 Å². The number of hydrogen-bond acceptors (Lipinski definition) is 4. The first-order chi connectivity index (χ1) is 12.8. The van der Waals surface area contributed by atoms with E-state index in [0.29, 0.717) is 16.5 Å². The van der Waals surface area contributed by atoms with Crippen LogP contribution in [0.5, 0.6) is 0 Å². The second-order valence-corrected chi connectivity index (χ2v) is 7.97. The Labute approximate surface area is 162 Å². The molecule has 6 nitrogen and oxygen atoms in total. The van der Waals surface area contributed by atoms with Gasteiger partial charge in [0.2, 0.25) is 0 Å². The van der Waals surface area contributed by atoms with E-state index in [1.165, 1.54) is 24.5 Å². The Kier molecular flexibility index (Phi) is 5.53. The summed E-state index contributed by atoms with van der Waals surface area (Å²) in [7, 11) is -3.85. The zero-order chi connectivity index (χ0) is 19.4. The van der Waals surface area contributed by atoms with Crippen molar-refractivity contribution in [3.05, 3.63) is 83.3 Å². The second kappa shape index (κ2) is 7.85. The summed E-state index contributed by atoms with van der Waals surface area (Å²) in [6.45, 7) is 1.78. The highest BCUT2D eigenvalue weighted by Crippen LogP contribution is 2.20. The first-order valence-corrected chi connectivity index (χ1v) is 9.94. The van der Waals surface area contributed by atoms with Gasteiger partial charge in [-0.3, -0.25) is 9.52 Å². The zero-order valence-electron chi connectivity index (χ0n) is 14.3. The Morgan fingerprint density at radius 2 is 1.81 bits per heavy atom. The lowest BCUT2D eigenvalue weighted by atomic mass is 10.2. The number of hydrogen-bond donors (Lipinski definition) is 2. The molecule has 0 saturated carbocycles. The van der Waals surface area contributed by atoms with Gasteiger partial charge in [-0.15, -0.1) is 0 Å². The molecule has 0 aliphatic rings. The molecule has 27 heavy (non-hydrogen) atoms. The molecule has 3 aromatic rings. The average Bonchev–Trinajstić information content (AvgIpc) is 3.18. The van der Waals surface area contributed by atoms with Crippen molar-refractivity contribution in [2.75, 3.05) is 4.72 Å². The molecule has 0 bridgehead atoms. The molecule has 2 N–H and O–H groups in total. The molecule has 1 atom stereocenters. The van der Waals surface area contributed by atoms with Crippen LogP contribution in [0.3, 0.4) is 0 Å². The number of sulfonamides is 1. The Morgan fingerprint density at radius 1 is 1.07 bits per heavy atom. The van der Waals surface area contributed by atoms with Gasteiger partial charge in [0.1, 0.15) is 5.76 Å². The summed E-state index contributed by atoms with van der Waals surface area (Å²) in [5.41, 5.74) is 0.605. The molecule has 0 aliphatic carbocycles. The molecular weight excluding hydrogens is 388 g/mol. The van der Waals surface area contributed by atoms with Crippen LogP contribution < -0.4 is 10.0 Å². The van der Waals surface area contributed by atoms with Gasteiger partial charge in [-0.25, -0.2) is 8.42 Å². The monoisotopic (exact) mass is 404 g/mol. The van der Waals surface area contributed by atoms with Crippen molar-refractivity contribution in [2.24, 2.45) is 0 Å². The number of anilines is 1. The summed E-state index contributed by atoms with van der Waals surface area (Å²) < 4.78 is 32.9. The van der Waals surface area contributed by atoms with Crippen LogP contribution in [0.25, 0.3) is 0 Å². The van der Waals surface area contributed by atoms with Gasteiger partial charge in [0, 0.05) is 16.3 Å². The summed E-state index contributed by atoms with van der Waals surface area (Å²) in [5.74, 6) is 0.207. The highest BCUT2D eigenvalue weighted by atomic mass is 35.5. The molecule has 0 fully saturated rings. The molecular formula is C19H17ClN2O4S. The number of carbonyl (C=O) groups is 1. The van der Waals surface area contributed by atoms with E-state index in [4.69, 9.17) is 16.0 Å². The van der Waals surface area contributed by atoms with Crippen LogP contribution in [0, 0.1) is 0 Å². The number of benzene rings is 2. The molecule has 1 amide bonds. The van der Waals surface area contributed by atoms with Crippen LogP contribution >= 0.6 is 11.6 Å². The van der Waals surface area contributed by atoms with Gasteiger partial charge in [0.05, 0.1) is 17.2 Å². The van der Waals surface area contributed by atoms with Gasteiger partial charge in [-0.1, -0.05) is 17.7 Å². The Bertz CT molecular complexity index is 1030. The van der Waals surface area contributed by atoms with Gasteiger partial charge in [-0.2, -0.15) is 0 Å². The van der Waals surface area contributed by atoms with Crippen molar-refractivity contribution in [3.63, 3.8) is 0 Å². The molecule has 0 aliphatic heterocycles. The smallest absolute Gasteiger partial charge is 0.261 e. The number of rotatable bonds is 6. The minimum atomic E-state index is -3.85.